The maximum atomic E-state index is 12.4. The van der Waals surface area contributed by atoms with Crippen LogP contribution in [0, 0.1) is 13.8 Å². The number of primary amides is 1. The van der Waals surface area contributed by atoms with Crippen LogP contribution in [0.3, 0.4) is 0 Å². The maximum absolute atomic E-state index is 12.4. The number of aromatic nitrogens is 1. The third-order valence-electron chi connectivity index (χ3n) is 4.68. The van der Waals surface area contributed by atoms with Gasteiger partial charge in [-0.1, -0.05) is 29.8 Å². The van der Waals surface area contributed by atoms with Crippen molar-refractivity contribution >= 4 is 51.7 Å². The third kappa shape index (κ3) is 6.09. The number of hydrogen-bond acceptors (Lipinski definition) is 6. The Morgan fingerprint density at radius 2 is 1.88 bits per heavy atom. The van der Waals surface area contributed by atoms with Gasteiger partial charge in [0.15, 0.2) is 5.13 Å². The number of carbonyl (C=O) groups is 3. The number of nitrogens with one attached hydrogen (secondary N) is 1. The van der Waals surface area contributed by atoms with Gasteiger partial charge in [0.2, 0.25) is 5.91 Å². The molecule has 3 rings (SSSR count). The van der Waals surface area contributed by atoms with Crippen molar-refractivity contribution in [2.24, 2.45) is 5.73 Å². The molecule has 33 heavy (non-hydrogen) atoms. The molecule has 0 bridgehead atoms. The summed E-state index contributed by atoms with van der Waals surface area (Å²) in [6.45, 7) is 5.48. The number of aryl methyl sites for hydroxylation is 2. The summed E-state index contributed by atoms with van der Waals surface area (Å²) in [5.41, 5.74) is 9.15. The van der Waals surface area contributed by atoms with Gasteiger partial charge in [0, 0.05) is 18.8 Å². The van der Waals surface area contributed by atoms with Crippen LogP contribution in [0.1, 0.15) is 39.7 Å². The van der Waals surface area contributed by atoms with Crippen molar-refractivity contribution < 1.29 is 19.1 Å². The lowest BCUT2D eigenvalue weighted by Crippen LogP contribution is -2.28. The Kier molecular flexibility index (Phi) is 7.67. The van der Waals surface area contributed by atoms with Crippen molar-refractivity contribution in [2.45, 2.75) is 33.9 Å². The van der Waals surface area contributed by atoms with E-state index in [0.29, 0.717) is 27.1 Å². The standard InChI is InChI=1S/C23H23ClN4O4S/c1-13-8-14(2)20(19(24)9-13)28(15(3)29)23-27-18(12-33-23)11-32-21(30)17-6-4-16(5-7-17)10-26-22(25)31/h4-9,12H,10-11H2,1-3H3,(H3,25,26,31). The summed E-state index contributed by atoms with van der Waals surface area (Å²) < 4.78 is 5.36. The van der Waals surface area contributed by atoms with Crippen molar-refractivity contribution in [3.05, 3.63) is 74.7 Å². The molecule has 3 N–H and O–H groups in total. The number of ether oxygens (including phenoxy) is 1. The van der Waals surface area contributed by atoms with Gasteiger partial charge >= 0.3 is 12.0 Å². The molecule has 0 spiro atoms. The Morgan fingerprint density at radius 1 is 1.18 bits per heavy atom. The maximum Gasteiger partial charge on any atom is 0.338 e. The first-order valence-electron chi connectivity index (χ1n) is 9.97. The van der Waals surface area contributed by atoms with Gasteiger partial charge in [-0.05, 0) is 48.7 Å². The molecule has 0 radical (unpaired) electrons. The molecule has 0 saturated heterocycles. The minimum atomic E-state index is -0.621. The van der Waals surface area contributed by atoms with Crippen LogP contribution in [0.15, 0.2) is 41.8 Å². The number of halogens is 1. The first-order chi connectivity index (χ1) is 15.7. The molecule has 10 heteroatoms. The van der Waals surface area contributed by atoms with Crippen LogP contribution in [-0.2, 0) is 22.7 Å². The highest BCUT2D eigenvalue weighted by Gasteiger charge is 2.23. The summed E-state index contributed by atoms with van der Waals surface area (Å²) in [6.07, 6.45) is 0. The van der Waals surface area contributed by atoms with Crippen LogP contribution >= 0.6 is 22.9 Å². The van der Waals surface area contributed by atoms with E-state index in [4.69, 9.17) is 22.1 Å². The molecule has 0 aliphatic carbocycles. The minimum Gasteiger partial charge on any atom is -0.456 e. The zero-order valence-corrected chi connectivity index (χ0v) is 19.9. The molecule has 8 nitrogen and oxygen atoms in total. The zero-order valence-electron chi connectivity index (χ0n) is 18.3. The number of nitrogens with zero attached hydrogens (tertiary/aromatic N) is 2. The van der Waals surface area contributed by atoms with Crippen molar-refractivity contribution in [2.75, 3.05) is 4.90 Å². The second kappa shape index (κ2) is 10.5. The largest absolute Gasteiger partial charge is 0.456 e. The van der Waals surface area contributed by atoms with Crippen LogP contribution in [0.2, 0.25) is 5.02 Å². The van der Waals surface area contributed by atoms with E-state index in [1.165, 1.54) is 23.2 Å². The summed E-state index contributed by atoms with van der Waals surface area (Å²) in [7, 11) is 0. The molecular weight excluding hydrogens is 464 g/mol. The van der Waals surface area contributed by atoms with Gasteiger partial charge in [-0.25, -0.2) is 14.6 Å². The zero-order chi connectivity index (χ0) is 24.1. The highest BCUT2D eigenvalue weighted by atomic mass is 35.5. The molecule has 2 aromatic carbocycles. The molecule has 1 heterocycles. The van der Waals surface area contributed by atoms with Gasteiger partial charge in [-0.2, -0.15) is 0 Å². The normalized spacial score (nSPS) is 10.5. The van der Waals surface area contributed by atoms with Crippen molar-refractivity contribution in [1.29, 1.82) is 0 Å². The first kappa shape index (κ1) is 24.2. The molecule has 0 aliphatic heterocycles. The molecule has 172 valence electrons. The van der Waals surface area contributed by atoms with Crippen LogP contribution in [-0.4, -0.2) is 22.9 Å². The molecule has 0 fully saturated rings. The number of benzene rings is 2. The van der Waals surface area contributed by atoms with Crippen molar-refractivity contribution in [3.63, 3.8) is 0 Å². The molecule has 0 saturated carbocycles. The fourth-order valence-corrected chi connectivity index (χ4v) is 4.48. The summed E-state index contributed by atoms with van der Waals surface area (Å²) >= 11 is 7.69. The number of amides is 3. The number of thiazole rings is 1. The van der Waals surface area contributed by atoms with Gasteiger partial charge in [0.1, 0.15) is 6.61 Å². The predicted molar refractivity (Wildman–Crippen MR) is 128 cm³/mol. The van der Waals surface area contributed by atoms with E-state index in [-0.39, 0.29) is 19.1 Å². The summed E-state index contributed by atoms with van der Waals surface area (Å²) in [6, 6.07) is 9.73. The Balaban J connectivity index is 1.69. The van der Waals surface area contributed by atoms with Gasteiger partial charge in [-0.3, -0.25) is 9.69 Å². The lowest BCUT2D eigenvalue weighted by atomic mass is 10.1. The highest BCUT2D eigenvalue weighted by molar-refractivity contribution is 7.14. The van der Waals surface area contributed by atoms with E-state index < -0.39 is 12.0 Å². The van der Waals surface area contributed by atoms with Crippen molar-refractivity contribution in [3.8, 4) is 0 Å². The number of esters is 1. The number of nitrogens with two attached hydrogens (primary N) is 1. The highest BCUT2D eigenvalue weighted by Crippen LogP contribution is 2.37. The first-order valence-corrected chi connectivity index (χ1v) is 11.2. The minimum absolute atomic E-state index is 0.0489. The Bertz CT molecular complexity index is 1170. The second-order valence-corrected chi connectivity index (χ2v) is 8.62. The summed E-state index contributed by atoms with van der Waals surface area (Å²) in [5, 5.41) is 5.11. The van der Waals surface area contributed by atoms with Gasteiger partial charge < -0.3 is 15.8 Å². The van der Waals surface area contributed by atoms with Gasteiger partial charge in [0.05, 0.1) is 22.0 Å². The molecule has 1 aromatic heterocycles. The summed E-state index contributed by atoms with van der Waals surface area (Å²) in [5.74, 6) is -0.743. The lowest BCUT2D eigenvalue weighted by molar-refractivity contribution is -0.115. The fraction of sp³-hybridized carbons (Fsp3) is 0.217. The van der Waals surface area contributed by atoms with Crippen LogP contribution in [0.5, 0.6) is 0 Å². The van der Waals surface area contributed by atoms with E-state index in [0.717, 1.165) is 16.7 Å². The fourth-order valence-electron chi connectivity index (χ4n) is 3.22. The van der Waals surface area contributed by atoms with E-state index in [2.05, 4.69) is 10.3 Å². The number of rotatable bonds is 7. The average Bonchev–Trinajstić information content (AvgIpc) is 3.21. The van der Waals surface area contributed by atoms with Crippen LogP contribution < -0.4 is 16.0 Å². The Morgan fingerprint density at radius 3 is 2.48 bits per heavy atom. The van der Waals surface area contributed by atoms with Gasteiger partial charge in [-0.15, -0.1) is 11.3 Å². The average molecular weight is 487 g/mol. The molecule has 0 unspecified atom stereocenters. The number of urea groups is 1. The SMILES string of the molecule is CC(=O)N(c1nc(COC(=O)c2ccc(CNC(N)=O)cc2)cs1)c1c(C)cc(C)cc1Cl. The van der Waals surface area contributed by atoms with Crippen molar-refractivity contribution in [1.82, 2.24) is 10.3 Å². The van der Waals surface area contributed by atoms with Crippen LogP contribution in [0.25, 0.3) is 0 Å². The molecular formula is C23H23ClN4O4S. The monoisotopic (exact) mass is 486 g/mol. The number of anilines is 2. The van der Waals surface area contributed by atoms with E-state index in [9.17, 15) is 14.4 Å². The predicted octanol–water partition coefficient (Wildman–Crippen LogP) is 4.62. The molecule has 3 aromatic rings. The quantitative estimate of drug-likeness (QED) is 0.473. The smallest absolute Gasteiger partial charge is 0.338 e. The van der Waals surface area contributed by atoms with E-state index in [1.807, 2.05) is 19.9 Å². The lowest BCUT2D eigenvalue weighted by Gasteiger charge is -2.22. The number of carbonyl (C=O) groups excluding carboxylic acids is 3. The van der Waals surface area contributed by atoms with E-state index >= 15 is 0 Å². The van der Waals surface area contributed by atoms with E-state index in [1.54, 1.807) is 35.7 Å². The van der Waals surface area contributed by atoms with Crippen LogP contribution in [0.4, 0.5) is 15.6 Å². The summed E-state index contributed by atoms with van der Waals surface area (Å²) in [4.78, 5) is 41.5. The Hall–Kier alpha value is -3.43. The number of hydrogen-bond donors (Lipinski definition) is 2. The van der Waals surface area contributed by atoms with Gasteiger partial charge in [0.25, 0.3) is 0 Å². The molecule has 3 amide bonds. The topological polar surface area (TPSA) is 115 Å². The second-order valence-electron chi connectivity index (χ2n) is 7.38. The Labute approximate surface area is 200 Å². The third-order valence-corrected chi connectivity index (χ3v) is 5.84. The molecule has 0 aliphatic rings. The molecule has 0 atom stereocenters.